The van der Waals surface area contributed by atoms with Crippen LogP contribution < -0.4 is 9.21 Å². The van der Waals surface area contributed by atoms with Crippen LogP contribution in [0.1, 0.15) is 18.1 Å². The van der Waals surface area contributed by atoms with Crippen LogP contribution in [0.2, 0.25) is 0 Å². The second kappa shape index (κ2) is 10.5. The van der Waals surface area contributed by atoms with Gasteiger partial charge >= 0.3 is 0 Å². The number of aryl methyl sites for hydroxylation is 2. The van der Waals surface area contributed by atoms with Gasteiger partial charge in [-0.05, 0) is 43.2 Å². The Morgan fingerprint density at radius 2 is 1.29 bits per heavy atom. The lowest BCUT2D eigenvalue weighted by molar-refractivity contribution is 0.596. The number of benzene rings is 5. The van der Waals surface area contributed by atoms with E-state index in [0.29, 0.717) is 11.4 Å². The van der Waals surface area contributed by atoms with E-state index in [9.17, 15) is 8.42 Å². The number of aromatic nitrogens is 1. The number of nitrogens with one attached hydrogen (secondary N) is 1. The predicted octanol–water partition coefficient (Wildman–Crippen LogP) is 8.45. The van der Waals surface area contributed by atoms with Crippen molar-refractivity contribution in [1.29, 1.82) is 0 Å². The summed E-state index contributed by atoms with van der Waals surface area (Å²) in [6.07, 6.45) is 0.816. The molecule has 6 heteroatoms. The second-order valence-electron chi connectivity index (χ2n) is 10.5. The largest absolute Gasteiger partial charge is 0.377 e. The van der Waals surface area contributed by atoms with Gasteiger partial charge in [-0.1, -0.05) is 97.4 Å². The smallest absolute Gasteiger partial charge is 0.268 e. The van der Waals surface area contributed by atoms with E-state index in [1.807, 2.05) is 112 Å². The van der Waals surface area contributed by atoms with Crippen LogP contribution in [0.4, 0.5) is 17.1 Å². The Hall–Kier alpha value is -4.55. The Balaban J connectivity index is 1.77. The molecule has 0 radical (unpaired) electrons. The SMILES string of the molecule is CCc1cccc2c(N(c3ccc(N(C)C)c4ccccc34)S(=O)(=O)c3ccc(C)cc3)c(-c3ccccc3)[nH]c12. The zero-order valence-electron chi connectivity index (χ0n) is 23.7. The van der Waals surface area contributed by atoms with E-state index in [1.165, 1.54) is 0 Å². The van der Waals surface area contributed by atoms with Crippen molar-refractivity contribution in [3.63, 3.8) is 0 Å². The standard InChI is InChI=1S/C35H33N3O2S/c1-5-25-14-11-17-30-33(25)36-34(26-12-7-6-8-13-26)35(30)38(41(39,40)27-20-18-24(2)19-21-27)32-23-22-31(37(3)4)28-15-9-10-16-29(28)32/h6-23,36H,5H2,1-4H3. The summed E-state index contributed by atoms with van der Waals surface area (Å²) in [5, 5.41) is 2.70. The van der Waals surface area contributed by atoms with E-state index in [1.54, 1.807) is 16.4 Å². The van der Waals surface area contributed by atoms with Crippen LogP contribution >= 0.6 is 0 Å². The summed E-state index contributed by atoms with van der Waals surface area (Å²) in [5.41, 5.74) is 7.00. The molecule has 5 aromatic carbocycles. The molecule has 0 amide bonds. The molecule has 6 rings (SSSR count). The predicted molar refractivity (Wildman–Crippen MR) is 172 cm³/mol. The maximum absolute atomic E-state index is 14.9. The monoisotopic (exact) mass is 559 g/mol. The minimum Gasteiger partial charge on any atom is -0.377 e. The fraction of sp³-hybridized carbons (Fsp3) is 0.143. The van der Waals surface area contributed by atoms with Crippen LogP contribution in [0.25, 0.3) is 32.9 Å². The van der Waals surface area contributed by atoms with Gasteiger partial charge in [-0.2, -0.15) is 0 Å². The summed E-state index contributed by atoms with van der Waals surface area (Å²) in [7, 11) is -0.0568. The van der Waals surface area contributed by atoms with Crippen molar-refractivity contribution < 1.29 is 8.42 Å². The second-order valence-corrected chi connectivity index (χ2v) is 12.3. The molecule has 5 nitrogen and oxygen atoms in total. The van der Waals surface area contributed by atoms with E-state index in [0.717, 1.165) is 56.2 Å². The zero-order chi connectivity index (χ0) is 28.7. The third-order valence-corrected chi connectivity index (χ3v) is 9.40. The fourth-order valence-electron chi connectivity index (χ4n) is 5.60. The molecule has 0 spiro atoms. The average Bonchev–Trinajstić information content (AvgIpc) is 3.37. The molecule has 0 saturated carbocycles. The third-order valence-electron chi connectivity index (χ3n) is 7.68. The van der Waals surface area contributed by atoms with Gasteiger partial charge in [0.2, 0.25) is 0 Å². The molecule has 1 aromatic heterocycles. The highest BCUT2D eigenvalue weighted by Crippen LogP contribution is 2.47. The van der Waals surface area contributed by atoms with Crippen LogP contribution in [0, 0.1) is 6.92 Å². The van der Waals surface area contributed by atoms with Crippen LogP contribution in [0.3, 0.4) is 0 Å². The molecular weight excluding hydrogens is 526 g/mol. The summed E-state index contributed by atoms with van der Waals surface area (Å²) in [5.74, 6) is 0. The topological polar surface area (TPSA) is 56.4 Å². The molecule has 0 aliphatic heterocycles. The third kappa shape index (κ3) is 4.54. The molecule has 0 bridgehead atoms. The van der Waals surface area contributed by atoms with Crippen molar-refractivity contribution in [2.24, 2.45) is 0 Å². The highest BCUT2D eigenvalue weighted by atomic mass is 32.2. The minimum absolute atomic E-state index is 0.240. The van der Waals surface area contributed by atoms with Gasteiger partial charge in [-0.15, -0.1) is 0 Å². The summed E-state index contributed by atoms with van der Waals surface area (Å²) >= 11 is 0. The zero-order valence-corrected chi connectivity index (χ0v) is 24.5. The van der Waals surface area contributed by atoms with E-state index in [-0.39, 0.29) is 4.90 Å². The molecular formula is C35H33N3O2S. The number of para-hydroxylation sites is 1. The molecule has 1 heterocycles. The van der Waals surface area contributed by atoms with Crippen LogP contribution in [-0.4, -0.2) is 27.5 Å². The number of sulfonamides is 1. The first-order valence-corrected chi connectivity index (χ1v) is 15.3. The first-order chi connectivity index (χ1) is 19.8. The van der Waals surface area contributed by atoms with Gasteiger partial charge in [0, 0.05) is 41.5 Å². The molecule has 0 atom stereocenters. The molecule has 0 unspecified atom stereocenters. The number of H-pyrrole nitrogens is 1. The first-order valence-electron chi connectivity index (χ1n) is 13.8. The Bertz CT molecular complexity index is 1980. The fourth-order valence-corrected chi connectivity index (χ4v) is 7.14. The lowest BCUT2D eigenvalue weighted by atomic mass is 10.0. The van der Waals surface area contributed by atoms with Crippen molar-refractivity contribution in [1.82, 2.24) is 4.98 Å². The molecule has 0 aliphatic rings. The maximum Gasteiger partial charge on any atom is 0.268 e. The Kier molecular flexibility index (Phi) is 6.80. The van der Waals surface area contributed by atoms with Gasteiger partial charge in [0.15, 0.2) is 0 Å². The van der Waals surface area contributed by atoms with E-state index < -0.39 is 10.0 Å². The number of aromatic amines is 1. The van der Waals surface area contributed by atoms with Crippen LogP contribution in [0.15, 0.2) is 114 Å². The lowest BCUT2D eigenvalue weighted by Gasteiger charge is -2.28. The van der Waals surface area contributed by atoms with E-state index >= 15 is 0 Å². The highest BCUT2D eigenvalue weighted by molar-refractivity contribution is 7.93. The summed E-state index contributed by atoms with van der Waals surface area (Å²) < 4.78 is 31.3. The summed E-state index contributed by atoms with van der Waals surface area (Å²) in [6.45, 7) is 4.08. The Morgan fingerprint density at radius 1 is 0.683 bits per heavy atom. The minimum atomic E-state index is -4.06. The number of rotatable bonds is 7. The number of hydrogen-bond donors (Lipinski definition) is 1. The number of hydrogen-bond acceptors (Lipinski definition) is 3. The van der Waals surface area contributed by atoms with Crippen LogP contribution in [0.5, 0.6) is 0 Å². The molecule has 0 aliphatic carbocycles. The van der Waals surface area contributed by atoms with Crippen molar-refractivity contribution in [3.05, 3.63) is 120 Å². The van der Waals surface area contributed by atoms with Gasteiger partial charge in [0.05, 0.1) is 27.5 Å². The van der Waals surface area contributed by atoms with Crippen molar-refractivity contribution in [2.75, 3.05) is 23.3 Å². The Labute approximate surface area is 241 Å². The van der Waals surface area contributed by atoms with Gasteiger partial charge in [-0.3, -0.25) is 0 Å². The summed E-state index contributed by atoms with van der Waals surface area (Å²) in [6, 6.07) is 35.1. The summed E-state index contributed by atoms with van der Waals surface area (Å²) in [4.78, 5) is 5.94. The highest BCUT2D eigenvalue weighted by Gasteiger charge is 2.33. The molecule has 0 saturated heterocycles. The average molecular weight is 560 g/mol. The molecule has 206 valence electrons. The van der Waals surface area contributed by atoms with E-state index in [4.69, 9.17) is 0 Å². The van der Waals surface area contributed by atoms with Crippen molar-refractivity contribution in [3.8, 4) is 11.3 Å². The van der Waals surface area contributed by atoms with Gasteiger partial charge in [0.25, 0.3) is 10.0 Å². The molecule has 1 N–H and O–H groups in total. The lowest BCUT2D eigenvalue weighted by Crippen LogP contribution is -2.27. The Morgan fingerprint density at radius 3 is 1.95 bits per heavy atom. The van der Waals surface area contributed by atoms with Crippen LogP contribution in [-0.2, 0) is 16.4 Å². The maximum atomic E-state index is 14.9. The molecule has 41 heavy (non-hydrogen) atoms. The molecule has 6 aromatic rings. The van der Waals surface area contributed by atoms with Crippen molar-refractivity contribution >= 4 is 48.8 Å². The van der Waals surface area contributed by atoms with Gasteiger partial charge < -0.3 is 9.88 Å². The van der Waals surface area contributed by atoms with Gasteiger partial charge in [-0.25, -0.2) is 12.7 Å². The normalized spacial score (nSPS) is 11.7. The quantitative estimate of drug-likeness (QED) is 0.213. The molecule has 0 fully saturated rings. The van der Waals surface area contributed by atoms with Crippen molar-refractivity contribution in [2.45, 2.75) is 25.2 Å². The number of anilines is 3. The first kappa shape index (κ1) is 26.7. The number of fused-ring (bicyclic) bond motifs is 2. The van der Waals surface area contributed by atoms with Gasteiger partial charge in [0.1, 0.15) is 0 Å². The number of nitrogens with zero attached hydrogens (tertiary/aromatic N) is 2. The van der Waals surface area contributed by atoms with E-state index in [2.05, 4.69) is 22.9 Å².